The van der Waals surface area contributed by atoms with Crippen molar-refractivity contribution < 1.29 is 9.72 Å². The summed E-state index contributed by atoms with van der Waals surface area (Å²) in [6.07, 6.45) is 0. The lowest BCUT2D eigenvalue weighted by molar-refractivity contribution is -0.384. The molecule has 1 aliphatic rings. The molecule has 0 fully saturated rings. The number of imidazole rings is 1. The highest BCUT2D eigenvalue weighted by Crippen LogP contribution is 2.40. The Bertz CT molecular complexity index is 1500. The molecule has 1 amide bonds. The number of rotatable bonds is 4. The van der Waals surface area contributed by atoms with Gasteiger partial charge in [-0.3, -0.25) is 19.5 Å². The van der Waals surface area contributed by atoms with E-state index in [1.54, 1.807) is 12.1 Å². The molecule has 0 bridgehead atoms. The van der Waals surface area contributed by atoms with Crippen molar-refractivity contribution in [1.82, 2.24) is 9.55 Å². The summed E-state index contributed by atoms with van der Waals surface area (Å²) in [7, 11) is 0. The first kappa shape index (κ1) is 21.4. The first-order chi connectivity index (χ1) is 16.3. The molecule has 5 rings (SSSR count). The summed E-state index contributed by atoms with van der Waals surface area (Å²) in [4.78, 5) is 29.5. The molecule has 2 heterocycles. The number of carbonyl (C=O) groups excluding carboxylic acids is 1. The van der Waals surface area contributed by atoms with Gasteiger partial charge in [-0.1, -0.05) is 42.0 Å². The predicted molar refractivity (Wildman–Crippen MR) is 132 cm³/mol. The molecule has 8 heteroatoms. The number of hydrogen-bond donors (Lipinski definition) is 2. The lowest BCUT2D eigenvalue weighted by Crippen LogP contribution is -2.31. The third kappa shape index (κ3) is 3.59. The van der Waals surface area contributed by atoms with Crippen LogP contribution in [-0.2, 0) is 4.79 Å². The predicted octanol–water partition coefficient (Wildman–Crippen LogP) is 5.49. The first-order valence-corrected chi connectivity index (χ1v) is 10.9. The zero-order chi connectivity index (χ0) is 24.0. The minimum atomic E-state index is -0.602. The van der Waals surface area contributed by atoms with Crippen molar-refractivity contribution in [2.75, 3.05) is 10.6 Å². The Morgan fingerprint density at radius 1 is 1.06 bits per heavy atom. The second kappa shape index (κ2) is 8.15. The number of aromatic nitrogens is 2. The van der Waals surface area contributed by atoms with E-state index in [1.165, 1.54) is 12.1 Å². The van der Waals surface area contributed by atoms with Crippen LogP contribution >= 0.6 is 0 Å². The molecule has 34 heavy (non-hydrogen) atoms. The van der Waals surface area contributed by atoms with Gasteiger partial charge in [0.25, 0.3) is 11.6 Å². The molecule has 1 aliphatic heterocycles. The lowest BCUT2D eigenvalue weighted by atomic mass is 9.93. The molecule has 0 aliphatic carbocycles. The summed E-state index contributed by atoms with van der Waals surface area (Å²) in [5, 5.41) is 17.8. The molecule has 4 aromatic rings. The van der Waals surface area contributed by atoms with Gasteiger partial charge in [-0.15, -0.1) is 0 Å². The number of aryl methyl sites for hydroxylation is 2. The van der Waals surface area contributed by atoms with Gasteiger partial charge in [0.05, 0.1) is 27.6 Å². The summed E-state index contributed by atoms with van der Waals surface area (Å²) < 4.78 is 1.93. The maximum atomic E-state index is 13.7. The number of anilines is 2. The molecule has 0 saturated carbocycles. The zero-order valence-electron chi connectivity index (χ0n) is 19.0. The Morgan fingerprint density at radius 2 is 1.85 bits per heavy atom. The van der Waals surface area contributed by atoms with E-state index < -0.39 is 11.0 Å². The van der Waals surface area contributed by atoms with Crippen molar-refractivity contribution in [1.29, 1.82) is 0 Å². The first-order valence-electron chi connectivity index (χ1n) is 10.9. The van der Waals surface area contributed by atoms with Crippen LogP contribution in [0.25, 0.3) is 11.0 Å². The SMILES string of the molecule is CC1=C(C(=O)Nc2ccc(C)cc2C)[C@H](c2cccc([N+](=O)[O-])c2)n2c(nc3ccccc32)N1. The summed E-state index contributed by atoms with van der Waals surface area (Å²) >= 11 is 0. The van der Waals surface area contributed by atoms with Crippen LogP contribution < -0.4 is 10.6 Å². The smallest absolute Gasteiger partial charge is 0.269 e. The Morgan fingerprint density at radius 3 is 2.62 bits per heavy atom. The number of nitro benzene ring substituents is 1. The van der Waals surface area contributed by atoms with Crippen molar-refractivity contribution in [2.45, 2.75) is 26.8 Å². The number of allylic oxidation sites excluding steroid dienone is 1. The fourth-order valence-corrected chi connectivity index (χ4v) is 4.53. The van der Waals surface area contributed by atoms with Gasteiger partial charge in [0, 0.05) is 23.5 Å². The van der Waals surface area contributed by atoms with Gasteiger partial charge < -0.3 is 10.6 Å². The molecule has 8 nitrogen and oxygen atoms in total. The maximum Gasteiger partial charge on any atom is 0.269 e. The number of non-ortho nitro benzene ring substituents is 1. The average molecular weight is 454 g/mol. The van der Waals surface area contributed by atoms with Gasteiger partial charge in [-0.2, -0.15) is 0 Å². The Hall–Kier alpha value is -4.46. The number of fused-ring (bicyclic) bond motifs is 3. The fraction of sp³-hybridized carbons (Fsp3) is 0.154. The quantitative estimate of drug-likeness (QED) is 0.314. The number of nitrogens with zero attached hydrogens (tertiary/aromatic N) is 3. The second-order valence-corrected chi connectivity index (χ2v) is 8.48. The van der Waals surface area contributed by atoms with Crippen molar-refractivity contribution in [2.24, 2.45) is 0 Å². The molecule has 2 N–H and O–H groups in total. The highest BCUT2D eigenvalue weighted by molar-refractivity contribution is 6.06. The largest absolute Gasteiger partial charge is 0.329 e. The Balaban J connectivity index is 1.68. The third-order valence-electron chi connectivity index (χ3n) is 6.10. The number of carbonyl (C=O) groups is 1. The molecule has 1 atom stereocenters. The highest BCUT2D eigenvalue weighted by Gasteiger charge is 2.34. The number of amides is 1. The number of nitro groups is 1. The molecule has 0 saturated heterocycles. The van der Waals surface area contributed by atoms with Gasteiger partial charge >= 0.3 is 0 Å². The summed E-state index contributed by atoms with van der Waals surface area (Å²) in [5.74, 6) is 0.301. The van der Waals surface area contributed by atoms with E-state index in [1.807, 2.05) is 67.8 Å². The number of para-hydroxylation sites is 2. The monoisotopic (exact) mass is 453 g/mol. The molecular weight excluding hydrogens is 430 g/mol. The van der Waals surface area contributed by atoms with Crippen LogP contribution in [-0.4, -0.2) is 20.4 Å². The van der Waals surface area contributed by atoms with Gasteiger partial charge in [0.1, 0.15) is 0 Å². The van der Waals surface area contributed by atoms with Crippen molar-refractivity contribution in [3.8, 4) is 0 Å². The van der Waals surface area contributed by atoms with Crippen LogP contribution in [0.2, 0.25) is 0 Å². The van der Waals surface area contributed by atoms with Crippen LogP contribution in [0, 0.1) is 24.0 Å². The molecule has 1 aromatic heterocycles. The van der Waals surface area contributed by atoms with E-state index in [4.69, 9.17) is 4.98 Å². The second-order valence-electron chi connectivity index (χ2n) is 8.48. The van der Waals surface area contributed by atoms with E-state index in [0.29, 0.717) is 22.8 Å². The summed E-state index contributed by atoms with van der Waals surface area (Å²) in [6.45, 7) is 5.77. The van der Waals surface area contributed by atoms with Crippen molar-refractivity contribution in [3.63, 3.8) is 0 Å². The highest BCUT2D eigenvalue weighted by atomic mass is 16.6. The minimum Gasteiger partial charge on any atom is -0.329 e. The molecule has 0 unspecified atom stereocenters. The lowest BCUT2D eigenvalue weighted by Gasteiger charge is -2.30. The average Bonchev–Trinajstić information content (AvgIpc) is 3.17. The van der Waals surface area contributed by atoms with E-state index in [0.717, 1.165) is 27.8 Å². The molecule has 0 radical (unpaired) electrons. The molecule has 170 valence electrons. The van der Waals surface area contributed by atoms with Crippen LogP contribution in [0.5, 0.6) is 0 Å². The Labute approximate surface area is 196 Å². The van der Waals surface area contributed by atoms with Crippen LogP contribution in [0.15, 0.2) is 78.0 Å². The molecular formula is C26H23N5O3. The topological polar surface area (TPSA) is 102 Å². The summed E-state index contributed by atoms with van der Waals surface area (Å²) in [6, 6.07) is 19.3. The van der Waals surface area contributed by atoms with Crippen molar-refractivity contribution in [3.05, 3.63) is 105 Å². The maximum absolute atomic E-state index is 13.7. The van der Waals surface area contributed by atoms with Gasteiger partial charge in [-0.25, -0.2) is 4.98 Å². The van der Waals surface area contributed by atoms with Gasteiger partial charge in [0.15, 0.2) is 0 Å². The zero-order valence-corrected chi connectivity index (χ0v) is 19.0. The number of hydrogen-bond acceptors (Lipinski definition) is 5. The van der Waals surface area contributed by atoms with Crippen LogP contribution in [0.4, 0.5) is 17.3 Å². The van der Waals surface area contributed by atoms with E-state index in [-0.39, 0.29) is 11.6 Å². The van der Waals surface area contributed by atoms with Gasteiger partial charge in [-0.05, 0) is 50.1 Å². The summed E-state index contributed by atoms with van der Waals surface area (Å²) in [5.41, 5.74) is 6.08. The van der Waals surface area contributed by atoms with Crippen LogP contribution in [0.1, 0.15) is 29.7 Å². The number of nitrogens with one attached hydrogen (secondary N) is 2. The fourth-order valence-electron chi connectivity index (χ4n) is 4.53. The minimum absolute atomic E-state index is 0.0335. The van der Waals surface area contributed by atoms with E-state index in [9.17, 15) is 14.9 Å². The molecule has 3 aromatic carbocycles. The normalized spacial score (nSPS) is 15.1. The van der Waals surface area contributed by atoms with E-state index >= 15 is 0 Å². The third-order valence-corrected chi connectivity index (χ3v) is 6.10. The van der Waals surface area contributed by atoms with Crippen molar-refractivity contribution >= 4 is 34.3 Å². The van der Waals surface area contributed by atoms with E-state index in [2.05, 4.69) is 10.6 Å². The Kier molecular flexibility index (Phi) is 5.13. The van der Waals surface area contributed by atoms with Gasteiger partial charge in [0.2, 0.25) is 5.95 Å². The van der Waals surface area contributed by atoms with Crippen LogP contribution in [0.3, 0.4) is 0 Å². The standard InChI is InChI=1S/C26H23N5O3/c1-15-11-12-20(16(2)13-15)28-25(32)23-17(3)27-26-29-21-9-4-5-10-22(21)30(26)24(23)18-7-6-8-19(14-18)31(33)34/h4-14,24H,1-3H3,(H,27,29)(H,28,32)/t24-/m0/s1. The number of benzene rings is 3. The molecule has 0 spiro atoms.